The molecule has 0 aliphatic carbocycles. The number of carbonyl (C=O) groups is 1. The van der Waals surface area contributed by atoms with Gasteiger partial charge in [-0.1, -0.05) is 11.6 Å². The lowest BCUT2D eigenvalue weighted by Crippen LogP contribution is -2.22. The molecule has 0 bridgehead atoms. The highest BCUT2D eigenvalue weighted by Gasteiger charge is 2.06. The number of aromatic nitrogens is 2. The van der Waals surface area contributed by atoms with E-state index in [4.69, 9.17) is 17.3 Å². The number of hydrogen-bond donors (Lipinski definition) is 2. The van der Waals surface area contributed by atoms with Crippen molar-refractivity contribution in [2.75, 3.05) is 11.9 Å². The van der Waals surface area contributed by atoms with Gasteiger partial charge in [-0.05, 0) is 15.9 Å². The van der Waals surface area contributed by atoms with Crippen molar-refractivity contribution in [3.05, 3.63) is 16.0 Å². The Kier molecular flexibility index (Phi) is 3.44. The van der Waals surface area contributed by atoms with Crippen LogP contribution in [0, 0.1) is 0 Å². The molecule has 0 saturated carbocycles. The van der Waals surface area contributed by atoms with E-state index in [0.717, 1.165) is 0 Å². The summed E-state index contributed by atoms with van der Waals surface area (Å²) in [6.45, 7) is 0.00590. The average Bonchev–Trinajstić information content (AvgIpc) is 2.07. The van der Waals surface area contributed by atoms with E-state index in [2.05, 4.69) is 31.2 Å². The smallest absolute Gasteiger partial charge is 0.236 e. The third-order valence-corrected chi connectivity index (χ3v) is 2.44. The second kappa shape index (κ2) is 4.38. The fourth-order valence-corrected chi connectivity index (χ4v) is 1.12. The zero-order valence-electron chi connectivity index (χ0n) is 6.42. The minimum Gasteiger partial charge on any atom is -0.368 e. The van der Waals surface area contributed by atoms with Crippen LogP contribution in [0.15, 0.2) is 10.8 Å². The monoisotopic (exact) mass is 264 g/mol. The van der Waals surface area contributed by atoms with Crippen LogP contribution in [0.5, 0.6) is 0 Å². The number of amides is 1. The van der Waals surface area contributed by atoms with Gasteiger partial charge in [0.25, 0.3) is 0 Å². The molecule has 7 heteroatoms. The fourth-order valence-electron chi connectivity index (χ4n) is 0.642. The molecule has 5 nitrogen and oxygen atoms in total. The standard InChI is InChI=1S/C6H6BrClN4O/c7-4-5(8)11-2-12-6(4)10-1-3(9)13/h2H,1H2,(H2,9,13)(H,10,11,12). The number of hydrogen-bond acceptors (Lipinski definition) is 4. The first-order valence-corrected chi connectivity index (χ1v) is 4.46. The van der Waals surface area contributed by atoms with Crippen LogP contribution < -0.4 is 11.1 Å². The number of nitrogens with two attached hydrogens (primary N) is 1. The minimum atomic E-state index is -0.471. The van der Waals surface area contributed by atoms with Crippen molar-refractivity contribution in [2.24, 2.45) is 5.73 Å². The van der Waals surface area contributed by atoms with Crippen LogP contribution >= 0.6 is 27.5 Å². The van der Waals surface area contributed by atoms with Gasteiger partial charge in [0, 0.05) is 0 Å². The molecule has 0 aliphatic rings. The van der Waals surface area contributed by atoms with E-state index in [9.17, 15) is 4.79 Å². The number of anilines is 1. The normalized spacial score (nSPS) is 9.69. The third kappa shape index (κ3) is 2.82. The highest BCUT2D eigenvalue weighted by Crippen LogP contribution is 2.25. The van der Waals surface area contributed by atoms with E-state index < -0.39 is 5.91 Å². The summed E-state index contributed by atoms with van der Waals surface area (Å²) in [5, 5.41) is 2.98. The number of carbonyl (C=O) groups excluding carboxylic acids is 1. The van der Waals surface area contributed by atoms with E-state index >= 15 is 0 Å². The maximum Gasteiger partial charge on any atom is 0.236 e. The molecule has 0 radical (unpaired) electrons. The van der Waals surface area contributed by atoms with E-state index in [0.29, 0.717) is 10.3 Å². The lowest BCUT2D eigenvalue weighted by atomic mass is 10.5. The Balaban J connectivity index is 2.77. The van der Waals surface area contributed by atoms with Gasteiger partial charge in [0.2, 0.25) is 5.91 Å². The second-order valence-electron chi connectivity index (χ2n) is 2.15. The summed E-state index contributed by atoms with van der Waals surface area (Å²) in [7, 11) is 0. The molecule has 1 heterocycles. The van der Waals surface area contributed by atoms with Crippen molar-refractivity contribution >= 4 is 39.3 Å². The van der Waals surface area contributed by atoms with Gasteiger partial charge < -0.3 is 11.1 Å². The average molecular weight is 265 g/mol. The van der Waals surface area contributed by atoms with Crippen molar-refractivity contribution in [1.29, 1.82) is 0 Å². The largest absolute Gasteiger partial charge is 0.368 e. The van der Waals surface area contributed by atoms with Crippen LogP contribution in [0.1, 0.15) is 0 Å². The molecule has 0 spiro atoms. The van der Waals surface area contributed by atoms with Crippen molar-refractivity contribution < 1.29 is 4.79 Å². The maximum atomic E-state index is 10.4. The van der Waals surface area contributed by atoms with E-state index in [1.807, 2.05) is 0 Å². The number of rotatable bonds is 3. The second-order valence-corrected chi connectivity index (χ2v) is 3.30. The summed E-state index contributed by atoms with van der Waals surface area (Å²) >= 11 is 8.83. The Labute approximate surface area is 87.8 Å². The van der Waals surface area contributed by atoms with E-state index in [-0.39, 0.29) is 11.7 Å². The summed E-state index contributed by atoms with van der Waals surface area (Å²) in [5.74, 6) is -0.0274. The molecule has 0 atom stereocenters. The Morgan fingerprint density at radius 1 is 1.69 bits per heavy atom. The molecular formula is C6H6BrClN4O. The summed E-state index contributed by atoms with van der Waals surface area (Å²) in [6.07, 6.45) is 1.29. The van der Waals surface area contributed by atoms with Crippen LogP contribution in [0.3, 0.4) is 0 Å². The topological polar surface area (TPSA) is 80.9 Å². The van der Waals surface area contributed by atoms with Gasteiger partial charge in [0.05, 0.1) is 11.0 Å². The van der Waals surface area contributed by atoms with Gasteiger partial charge in [0.15, 0.2) is 0 Å². The lowest BCUT2D eigenvalue weighted by molar-refractivity contribution is -0.116. The third-order valence-electron chi connectivity index (χ3n) is 1.18. The zero-order valence-corrected chi connectivity index (χ0v) is 8.76. The van der Waals surface area contributed by atoms with Crippen LogP contribution in [0.25, 0.3) is 0 Å². The van der Waals surface area contributed by atoms with E-state index in [1.165, 1.54) is 6.33 Å². The summed E-state index contributed by atoms with van der Waals surface area (Å²) < 4.78 is 0.512. The summed E-state index contributed by atoms with van der Waals surface area (Å²) in [4.78, 5) is 18.0. The molecule has 70 valence electrons. The van der Waals surface area contributed by atoms with Crippen LogP contribution in [0.2, 0.25) is 5.15 Å². The fraction of sp³-hybridized carbons (Fsp3) is 0.167. The number of primary amides is 1. The van der Waals surface area contributed by atoms with Crippen LogP contribution in [-0.2, 0) is 4.79 Å². The Hall–Kier alpha value is -0.880. The molecular weight excluding hydrogens is 259 g/mol. The van der Waals surface area contributed by atoms with Gasteiger partial charge in [-0.2, -0.15) is 0 Å². The quantitative estimate of drug-likeness (QED) is 0.792. The summed E-state index contributed by atoms with van der Waals surface area (Å²) in [5.41, 5.74) is 4.94. The van der Waals surface area contributed by atoms with Crippen LogP contribution in [-0.4, -0.2) is 22.4 Å². The zero-order chi connectivity index (χ0) is 9.84. The van der Waals surface area contributed by atoms with Gasteiger partial charge >= 0.3 is 0 Å². The van der Waals surface area contributed by atoms with Crippen molar-refractivity contribution in [3.8, 4) is 0 Å². The van der Waals surface area contributed by atoms with Crippen molar-refractivity contribution in [2.45, 2.75) is 0 Å². The van der Waals surface area contributed by atoms with Gasteiger partial charge in [0.1, 0.15) is 17.3 Å². The highest BCUT2D eigenvalue weighted by atomic mass is 79.9. The number of halogens is 2. The Morgan fingerprint density at radius 2 is 2.38 bits per heavy atom. The molecule has 1 rings (SSSR count). The van der Waals surface area contributed by atoms with E-state index in [1.54, 1.807) is 0 Å². The van der Waals surface area contributed by atoms with Crippen molar-refractivity contribution in [1.82, 2.24) is 9.97 Å². The Bertz CT molecular complexity index is 332. The van der Waals surface area contributed by atoms with Crippen molar-refractivity contribution in [3.63, 3.8) is 0 Å². The Morgan fingerprint density at radius 3 is 3.00 bits per heavy atom. The van der Waals surface area contributed by atoms with Gasteiger partial charge in [-0.25, -0.2) is 9.97 Å². The predicted molar refractivity (Wildman–Crippen MR) is 52.4 cm³/mol. The summed E-state index contributed by atoms with van der Waals surface area (Å²) in [6, 6.07) is 0. The first-order chi connectivity index (χ1) is 6.11. The molecule has 0 unspecified atom stereocenters. The number of nitrogens with one attached hydrogen (secondary N) is 1. The minimum absolute atomic E-state index is 0.00590. The first-order valence-electron chi connectivity index (χ1n) is 3.29. The maximum absolute atomic E-state index is 10.4. The van der Waals surface area contributed by atoms with Crippen LogP contribution in [0.4, 0.5) is 5.82 Å². The highest BCUT2D eigenvalue weighted by molar-refractivity contribution is 9.10. The van der Waals surface area contributed by atoms with Gasteiger partial charge in [-0.3, -0.25) is 4.79 Å². The molecule has 1 aromatic rings. The molecule has 0 aromatic carbocycles. The number of nitrogens with zero attached hydrogens (tertiary/aromatic N) is 2. The first kappa shape index (κ1) is 10.2. The van der Waals surface area contributed by atoms with Gasteiger partial charge in [-0.15, -0.1) is 0 Å². The molecule has 1 amide bonds. The lowest BCUT2D eigenvalue weighted by Gasteiger charge is -2.04. The molecule has 0 fully saturated rings. The molecule has 3 N–H and O–H groups in total. The molecule has 0 aliphatic heterocycles. The molecule has 0 saturated heterocycles. The molecule has 13 heavy (non-hydrogen) atoms. The molecule has 1 aromatic heterocycles. The predicted octanol–water partition coefficient (Wildman–Crippen LogP) is 0.790. The SMILES string of the molecule is NC(=O)CNc1ncnc(Cl)c1Br.